The van der Waals surface area contributed by atoms with E-state index in [2.05, 4.69) is 16.7 Å². The number of aliphatic carboxylic acids is 1. The molecule has 2 aliphatic rings. The summed E-state index contributed by atoms with van der Waals surface area (Å²) in [6, 6.07) is 7.74. The van der Waals surface area contributed by atoms with Gasteiger partial charge in [-0.1, -0.05) is 23.7 Å². The summed E-state index contributed by atoms with van der Waals surface area (Å²) in [7, 11) is 0. The van der Waals surface area contributed by atoms with Crippen LogP contribution in [-0.4, -0.2) is 29.7 Å². The Kier molecular flexibility index (Phi) is 4.99. The molecule has 0 aliphatic heterocycles. The van der Waals surface area contributed by atoms with Crippen molar-refractivity contribution in [1.29, 1.82) is 0 Å². The molecule has 3 N–H and O–H groups in total. The van der Waals surface area contributed by atoms with Gasteiger partial charge in [0, 0.05) is 23.0 Å². The fraction of sp³-hybridized carbons (Fsp3) is 0.556. The Balaban J connectivity index is 1.46. The molecule has 0 unspecified atom stereocenters. The van der Waals surface area contributed by atoms with Crippen molar-refractivity contribution < 1.29 is 14.7 Å². The molecule has 0 radical (unpaired) electrons. The summed E-state index contributed by atoms with van der Waals surface area (Å²) in [5.41, 5.74) is 1.20. The number of carbonyl (C=O) groups excluding carboxylic acids is 1. The predicted octanol–water partition coefficient (Wildman–Crippen LogP) is 3.31. The number of carboxylic acids is 1. The number of rotatable bonds is 5. The molecular weight excluding hydrogens is 328 g/mol. The lowest BCUT2D eigenvalue weighted by atomic mass is 9.86. The highest BCUT2D eigenvalue weighted by Crippen LogP contribution is 2.48. The van der Waals surface area contributed by atoms with E-state index in [4.69, 9.17) is 16.7 Å². The maximum absolute atomic E-state index is 12.1. The van der Waals surface area contributed by atoms with Crippen LogP contribution < -0.4 is 10.6 Å². The van der Waals surface area contributed by atoms with Gasteiger partial charge >= 0.3 is 12.0 Å². The van der Waals surface area contributed by atoms with Crippen molar-refractivity contribution >= 4 is 23.6 Å². The summed E-state index contributed by atoms with van der Waals surface area (Å²) in [5.74, 6) is -0.987. The largest absolute Gasteiger partial charge is 0.481 e. The third kappa shape index (κ3) is 4.01. The third-order valence-corrected chi connectivity index (χ3v) is 5.52. The minimum absolute atomic E-state index is 0.0171. The smallest absolute Gasteiger partial charge is 0.315 e. The number of hydrogen-bond donors (Lipinski definition) is 3. The first-order valence-electron chi connectivity index (χ1n) is 8.52. The number of amides is 2. The molecule has 2 saturated carbocycles. The molecular formula is C18H23ClN2O3. The molecule has 0 aromatic heterocycles. The zero-order valence-corrected chi connectivity index (χ0v) is 14.3. The number of hydrogen-bond acceptors (Lipinski definition) is 2. The van der Waals surface area contributed by atoms with Crippen LogP contribution in [0.1, 0.15) is 44.1 Å². The predicted molar refractivity (Wildman–Crippen MR) is 92.3 cm³/mol. The number of halogens is 1. The maximum Gasteiger partial charge on any atom is 0.315 e. The van der Waals surface area contributed by atoms with Crippen molar-refractivity contribution in [2.45, 2.75) is 50.0 Å². The van der Waals surface area contributed by atoms with Gasteiger partial charge in [0.05, 0.1) is 5.92 Å². The summed E-state index contributed by atoms with van der Waals surface area (Å²) in [6.07, 6.45) is 4.82. The zero-order valence-electron chi connectivity index (χ0n) is 13.6. The van der Waals surface area contributed by atoms with E-state index >= 15 is 0 Å². The number of carbonyl (C=O) groups is 2. The van der Waals surface area contributed by atoms with Gasteiger partial charge in [0.25, 0.3) is 0 Å². The Morgan fingerprint density at radius 3 is 2.50 bits per heavy atom. The van der Waals surface area contributed by atoms with Gasteiger partial charge in [-0.25, -0.2) is 4.79 Å². The Morgan fingerprint density at radius 1 is 1.21 bits per heavy atom. The van der Waals surface area contributed by atoms with Crippen LogP contribution in [0.2, 0.25) is 5.02 Å². The van der Waals surface area contributed by atoms with E-state index in [1.54, 1.807) is 0 Å². The van der Waals surface area contributed by atoms with E-state index in [0.717, 1.165) is 30.7 Å². The highest BCUT2D eigenvalue weighted by atomic mass is 35.5. The Morgan fingerprint density at radius 2 is 1.92 bits per heavy atom. The van der Waals surface area contributed by atoms with Gasteiger partial charge in [-0.3, -0.25) is 4.79 Å². The molecule has 2 amide bonds. The lowest BCUT2D eigenvalue weighted by Crippen LogP contribution is -2.46. The summed E-state index contributed by atoms with van der Waals surface area (Å²) in [5, 5.41) is 15.7. The van der Waals surface area contributed by atoms with Gasteiger partial charge in [-0.05, 0) is 56.2 Å². The Hall–Kier alpha value is -1.75. The topological polar surface area (TPSA) is 78.4 Å². The molecule has 2 fully saturated rings. The monoisotopic (exact) mass is 350 g/mol. The average Bonchev–Trinajstić information content (AvgIpc) is 3.35. The lowest BCUT2D eigenvalue weighted by molar-refractivity contribution is -0.142. The molecule has 0 bridgehead atoms. The van der Waals surface area contributed by atoms with E-state index in [9.17, 15) is 9.59 Å². The van der Waals surface area contributed by atoms with Crippen LogP contribution in [0.15, 0.2) is 24.3 Å². The third-order valence-electron chi connectivity index (χ3n) is 5.29. The van der Waals surface area contributed by atoms with E-state index in [-0.39, 0.29) is 23.4 Å². The fourth-order valence-electron chi connectivity index (χ4n) is 3.51. The normalized spacial score (nSPS) is 24.9. The maximum atomic E-state index is 12.1. The molecule has 0 heterocycles. The fourth-order valence-corrected chi connectivity index (χ4v) is 3.70. The van der Waals surface area contributed by atoms with E-state index in [1.165, 1.54) is 5.56 Å². The second-order valence-corrected chi connectivity index (χ2v) is 7.44. The van der Waals surface area contributed by atoms with Gasteiger partial charge in [-0.2, -0.15) is 0 Å². The van der Waals surface area contributed by atoms with Crippen LogP contribution >= 0.6 is 11.6 Å². The van der Waals surface area contributed by atoms with Crippen LogP contribution in [0.3, 0.4) is 0 Å². The molecule has 24 heavy (non-hydrogen) atoms. The second kappa shape index (κ2) is 7.01. The van der Waals surface area contributed by atoms with Crippen LogP contribution in [0.5, 0.6) is 0 Å². The molecule has 2 aliphatic carbocycles. The van der Waals surface area contributed by atoms with Crippen molar-refractivity contribution in [3.63, 3.8) is 0 Å². The van der Waals surface area contributed by atoms with Crippen LogP contribution in [0.4, 0.5) is 4.79 Å². The number of urea groups is 1. The Labute approximate surface area is 146 Å². The van der Waals surface area contributed by atoms with Crippen molar-refractivity contribution in [3.8, 4) is 0 Å². The van der Waals surface area contributed by atoms with Crippen molar-refractivity contribution in [2.75, 3.05) is 6.54 Å². The lowest BCUT2D eigenvalue weighted by Gasteiger charge is -2.27. The van der Waals surface area contributed by atoms with Crippen LogP contribution in [-0.2, 0) is 10.2 Å². The van der Waals surface area contributed by atoms with E-state index in [1.807, 2.05) is 18.2 Å². The summed E-state index contributed by atoms with van der Waals surface area (Å²) < 4.78 is 0. The van der Waals surface area contributed by atoms with Crippen molar-refractivity contribution in [1.82, 2.24) is 10.6 Å². The zero-order chi connectivity index (χ0) is 17.2. The molecule has 1 aromatic carbocycles. The first-order valence-corrected chi connectivity index (χ1v) is 8.89. The summed E-state index contributed by atoms with van der Waals surface area (Å²) in [4.78, 5) is 23.1. The first kappa shape index (κ1) is 17.1. The molecule has 130 valence electrons. The SMILES string of the molecule is O=C(NCC1(c2cccc(Cl)c2)CC1)NC1CCC(C(=O)O)CC1. The highest BCUT2D eigenvalue weighted by molar-refractivity contribution is 6.30. The number of nitrogens with one attached hydrogen (secondary N) is 2. The van der Waals surface area contributed by atoms with Crippen molar-refractivity contribution in [2.24, 2.45) is 5.92 Å². The van der Waals surface area contributed by atoms with Gasteiger partial charge in [0.15, 0.2) is 0 Å². The van der Waals surface area contributed by atoms with Gasteiger partial charge in [0.2, 0.25) is 0 Å². The van der Waals surface area contributed by atoms with Crippen LogP contribution in [0, 0.1) is 5.92 Å². The van der Waals surface area contributed by atoms with Gasteiger partial charge in [0.1, 0.15) is 0 Å². The quantitative estimate of drug-likeness (QED) is 0.762. The molecule has 6 heteroatoms. The minimum Gasteiger partial charge on any atom is -0.481 e. The highest BCUT2D eigenvalue weighted by Gasteiger charge is 2.44. The number of carboxylic acid groups (broad SMARTS) is 1. The van der Waals surface area contributed by atoms with E-state index < -0.39 is 5.97 Å². The molecule has 0 saturated heterocycles. The number of benzene rings is 1. The van der Waals surface area contributed by atoms with Gasteiger partial charge in [-0.15, -0.1) is 0 Å². The summed E-state index contributed by atoms with van der Waals surface area (Å²) >= 11 is 6.06. The first-order chi connectivity index (χ1) is 11.5. The molecule has 1 aromatic rings. The second-order valence-electron chi connectivity index (χ2n) is 7.00. The van der Waals surface area contributed by atoms with E-state index in [0.29, 0.717) is 19.4 Å². The van der Waals surface area contributed by atoms with Crippen molar-refractivity contribution in [3.05, 3.63) is 34.9 Å². The molecule has 5 nitrogen and oxygen atoms in total. The van der Waals surface area contributed by atoms with Crippen LogP contribution in [0.25, 0.3) is 0 Å². The minimum atomic E-state index is -0.727. The van der Waals surface area contributed by atoms with Gasteiger partial charge < -0.3 is 15.7 Å². The molecule has 0 atom stereocenters. The standard InChI is InChI=1S/C18H23ClN2O3/c19-14-3-1-2-13(10-14)18(8-9-18)11-20-17(24)21-15-6-4-12(5-7-15)16(22)23/h1-3,10,12,15H,4-9,11H2,(H,22,23)(H2,20,21,24). The molecule has 3 rings (SSSR count). The summed E-state index contributed by atoms with van der Waals surface area (Å²) in [6.45, 7) is 0.601. The average molecular weight is 351 g/mol. The molecule has 0 spiro atoms. The Bertz CT molecular complexity index is 622.